The summed E-state index contributed by atoms with van der Waals surface area (Å²) < 4.78 is 39.8. The molecule has 0 saturated heterocycles. The molecular weight excluding hydrogens is 317 g/mol. The van der Waals surface area contributed by atoms with Gasteiger partial charge in [-0.15, -0.1) is 0 Å². The van der Waals surface area contributed by atoms with Crippen molar-refractivity contribution in [1.82, 2.24) is 9.97 Å². The highest BCUT2D eigenvalue weighted by Gasteiger charge is 2.33. The van der Waals surface area contributed by atoms with Crippen LogP contribution in [0.3, 0.4) is 0 Å². The molecule has 0 fully saturated rings. The van der Waals surface area contributed by atoms with Crippen LogP contribution in [-0.2, 0) is 6.18 Å². The van der Waals surface area contributed by atoms with E-state index in [0.29, 0.717) is 5.69 Å². The Morgan fingerprint density at radius 1 is 0.833 bits per heavy atom. The van der Waals surface area contributed by atoms with Crippen LogP contribution in [-0.4, -0.2) is 9.97 Å². The predicted octanol–water partition coefficient (Wildman–Crippen LogP) is 4.12. The van der Waals surface area contributed by atoms with E-state index in [1.54, 1.807) is 0 Å². The van der Waals surface area contributed by atoms with Crippen molar-refractivity contribution in [1.29, 1.82) is 0 Å². The molecule has 7 heteroatoms. The minimum absolute atomic E-state index is 0.0268. The standard InChI is InChI=1S/C17H13F3N4/c18-17(19,20)13-9-5-4-8-12(13)15-10-14(22-16(23-15)24-21)11-6-2-1-3-7-11/h1-10H,21H2,(H,22,23,24). The van der Waals surface area contributed by atoms with Crippen LogP contribution in [0, 0.1) is 0 Å². The first-order chi connectivity index (χ1) is 11.5. The molecule has 1 aromatic heterocycles. The van der Waals surface area contributed by atoms with Crippen molar-refractivity contribution < 1.29 is 13.2 Å². The Bertz CT molecular complexity index is 848. The van der Waals surface area contributed by atoms with Crippen molar-refractivity contribution in [2.75, 3.05) is 5.43 Å². The van der Waals surface area contributed by atoms with Gasteiger partial charge in [0.15, 0.2) is 0 Å². The molecule has 4 nitrogen and oxygen atoms in total. The van der Waals surface area contributed by atoms with Gasteiger partial charge in [0, 0.05) is 11.1 Å². The number of aromatic nitrogens is 2. The summed E-state index contributed by atoms with van der Waals surface area (Å²) >= 11 is 0. The highest BCUT2D eigenvalue weighted by molar-refractivity contribution is 5.71. The van der Waals surface area contributed by atoms with Gasteiger partial charge in [-0.05, 0) is 12.1 Å². The van der Waals surface area contributed by atoms with Crippen molar-refractivity contribution in [2.24, 2.45) is 5.84 Å². The molecule has 3 rings (SSSR count). The number of benzene rings is 2. The number of rotatable bonds is 3. The highest BCUT2D eigenvalue weighted by Crippen LogP contribution is 2.37. The molecule has 0 atom stereocenters. The fraction of sp³-hybridized carbons (Fsp3) is 0.0588. The third kappa shape index (κ3) is 3.21. The number of hydrogen-bond donors (Lipinski definition) is 2. The van der Waals surface area contributed by atoms with Gasteiger partial charge in [-0.25, -0.2) is 15.8 Å². The van der Waals surface area contributed by atoms with Gasteiger partial charge in [-0.3, -0.25) is 5.43 Å². The average Bonchev–Trinajstić information content (AvgIpc) is 2.61. The fourth-order valence-electron chi connectivity index (χ4n) is 2.36. The van der Waals surface area contributed by atoms with Gasteiger partial charge in [0.1, 0.15) is 0 Å². The maximum absolute atomic E-state index is 13.3. The normalized spacial score (nSPS) is 11.3. The van der Waals surface area contributed by atoms with Crippen LogP contribution >= 0.6 is 0 Å². The zero-order valence-electron chi connectivity index (χ0n) is 12.4. The van der Waals surface area contributed by atoms with Crippen LogP contribution in [0.25, 0.3) is 22.5 Å². The predicted molar refractivity (Wildman–Crippen MR) is 85.7 cm³/mol. The molecule has 0 spiro atoms. The Morgan fingerprint density at radius 3 is 2.12 bits per heavy atom. The highest BCUT2D eigenvalue weighted by atomic mass is 19.4. The van der Waals surface area contributed by atoms with Gasteiger partial charge in [-0.1, -0.05) is 48.5 Å². The smallest absolute Gasteiger partial charge is 0.292 e. The summed E-state index contributed by atoms with van der Waals surface area (Å²) in [5.74, 6) is 5.42. The molecule has 1 heterocycles. The number of nitrogens with one attached hydrogen (secondary N) is 1. The maximum atomic E-state index is 13.3. The van der Waals surface area contributed by atoms with E-state index in [1.807, 2.05) is 30.3 Å². The lowest BCUT2D eigenvalue weighted by atomic mass is 10.0. The number of hydrazine groups is 1. The molecule has 0 bridgehead atoms. The summed E-state index contributed by atoms with van der Waals surface area (Å²) in [5, 5.41) is 0. The second kappa shape index (κ2) is 6.29. The number of nitrogens with two attached hydrogens (primary N) is 1. The van der Waals surface area contributed by atoms with Gasteiger partial charge < -0.3 is 0 Å². The number of nitrogens with zero attached hydrogens (tertiary/aromatic N) is 2. The molecule has 0 aliphatic carbocycles. The van der Waals surface area contributed by atoms with Crippen LogP contribution in [0.2, 0.25) is 0 Å². The summed E-state index contributed by atoms with van der Waals surface area (Å²) in [6, 6.07) is 15.9. The van der Waals surface area contributed by atoms with E-state index in [2.05, 4.69) is 15.4 Å². The van der Waals surface area contributed by atoms with Crippen LogP contribution in [0.1, 0.15) is 5.56 Å². The molecule has 2 aromatic carbocycles. The van der Waals surface area contributed by atoms with Crippen LogP contribution in [0.4, 0.5) is 19.1 Å². The van der Waals surface area contributed by atoms with Gasteiger partial charge in [0.05, 0.1) is 17.0 Å². The first-order valence-corrected chi connectivity index (χ1v) is 7.07. The second-order valence-electron chi connectivity index (χ2n) is 5.02. The lowest BCUT2D eigenvalue weighted by molar-refractivity contribution is -0.137. The van der Waals surface area contributed by atoms with Crippen molar-refractivity contribution in [2.45, 2.75) is 6.18 Å². The SMILES string of the molecule is NNc1nc(-c2ccccc2)cc(-c2ccccc2C(F)(F)F)n1. The molecule has 0 aliphatic rings. The van der Waals surface area contributed by atoms with E-state index in [0.717, 1.165) is 11.6 Å². The minimum Gasteiger partial charge on any atom is -0.292 e. The number of alkyl halides is 3. The Labute approximate surface area is 136 Å². The molecule has 0 saturated carbocycles. The van der Waals surface area contributed by atoms with Gasteiger partial charge in [0.25, 0.3) is 0 Å². The third-order valence-corrected chi connectivity index (χ3v) is 3.43. The average molecular weight is 330 g/mol. The molecule has 0 amide bonds. The van der Waals surface area contributed by atoms with Crippen LogP contribution < -0.4 is 11.3 Å². The van der Waals surface area contributed by atoms with Crippen molar-refractivity contribution in [3.8, 4) is 22.5 Å². The molecule has 122 valence electrons. The Kier molecular flexibility index (Phi) is 4.18. The number of anilines is 1. The first kappa shape index (κ1) is 15.9. The summed E-state index contributed by atoms with van der Waals surface area (Å²) in [5.41, 5.74) is 2.89. The van der Waals surface area contributed by atoms with Crippen molar-refractivity contribution in [3.63, 3.8) is 0 Å². The maximum Gasteiger partial charge on any atom is 0.417 e. The number of nitrogen functional groups attached to an aromatic ring is 1. The topological polar surface area (TPSA) is 63.8 Å². The minimum atomic E-state index is -4.48. The summed E-state index contributed by atoms with van der Waals surface area (Å²) in [4.78, 5) is 8.29. The van der Waals surface area contributed by atoms with E-state index in [9.17, 15) is 13.2 Å². The lowest BCUT2D eigenvalue weighted by Gasteiger charge is -2.13. The Balaban J connectivity index is 2.20. The summed E-state index contributed by atoms with van der Waals surface area (Å²) in [6.07, 6.45) is -4.48. The van der Waals surface area contributed by atoms with Crippen molar-refractivity contribution >= 4 is 5.95 Å². The first-order valence-electron chi connectivity index (χ1n) is 7.07. The van der Waals surface area contributed by atoms with Gasteiger partial charge in [-0.2, -0.15) is 13.2 Å². The van der Waals surface area contributed by atoms with Crippen LogP contribution in [0.15, 0.2) is 60.7 Å². The van der Waals surface area contributed by atoms with E-state index in [-0.39, 0.29) is 17.2 Å². The molecule has 3 N–H and O–H groups in total. The molecule has 0 unspecified atom stereocenters. The van der Waals surface area contributed by atoms with E-state index in [4.69, 9.17) is 5.84 Å². The molecular formula is C17H13F3N4. The van der Waals surface area contributed by atoms with E-state index >= 15 is 0 Å². The second-order valence-corrected chi connectivity index (χ2v) is 5.02. The largest absolute Gasteiger partial charge is 0.417 e. The zero-order chi connectivity index (χ0) is 17.2. The molecule has 0 aliphatic heterocycles. The summed E-state index contributed by atoms with van der Waals surface area (Å²) in [7, 11) is 0. The third-order valence-electron chi connectivity index (χ3n) is 3.43. The number of halogens is 3. The summed E-state index contributed by atoms with van der Waals surface area (Å²) in [6.45, 7) is 0. The Hall–Kier alpha value is -2.93. The fourth-order valence-corrected chi connectivity index (χ4v) is 2.36. The van der Waals surface area contributed by atoms with E-state index in [1.165, 1.54) is 24.3 Å². The monoisotopic (exact) mass is 330 g/mol. The quantitative estimate of drug-likeness (QED) is 0.560. The Morgan fingerprint density at radius 2 is 1.46 bits per heavy atom. The van der Waals surface area contributed by atoms with E-state index < -0.39 is 11.7 Å². The van der Waals surface area contributed by atoms with Gasteiger partial charge >= 0.3 is 6.18 Å². The number of hydrogen-bond acceptors (Lipinski definition) is 4. The van der Waals surface area contributed by atoms with Gasteiger partial charge in [0.2, 0.25) is 5.95 Å². The molecule has 0 radical (unpaired) electrons. The molecule has 24 heavy (non-hydrogen) atoms. The van der Waals surface area contributed by atoms with Crippen molar-refractivity contribution in [3.05, 3.63) is 66.2 Å². The zero-order valence-corrected chi connectivity index (χ0v) is 12.4. The lowest BCUT2D eigenvalue weighted by Crippen LogP contribution is -2.12. The van der Waals surface area contributed by atoms with Crippen LogP contribution in [0.5, 0.6) is 0 Å². The molecule has 3 aromatic rings.